The first kappa shape index (κ1) is 15.5. The van der Waals surface area contributed by atoms with E-state index in [2.05, 4.69) is 34.4 Å². The van der Waals surface area contributed by atoms with Gasteiger partial charge in [0, 0.05) is 33.3 Å². The normalized spacial score (nSPS) is 10.3. The van der Waals surface area contributed by atoms with Crippen molar-refractivity contribution in [2.45, 2.75) is 39.5 Å². The second-order valence-corrected chi connectivity index (χ2v) is 4.89. The van der Waals surface area contributed by atoms with Gasteiger partial charge in [0.2, 0.25) is 5.95 Å². The molecule has 108 valence electrons. The number of anilines is 3. The summed E-state index contributed by atoms with van der Waals surface area (Å²) < 4.78 is 0. The van der Waals surface area contributed by atoms with Crippen LogP contribution in [0.5, 0.6) is 0 Å². The fraction of sp³-hybridized carbons (Fsp3) is 0.714. The quantitative estimate of drug-likeness (QED) is 0.672. The number of hydrogen-bond donors (Lipinski definition) is 2. The van der Waals surface area contributed by atoms with Crippen molar-refractivity contribution in [1.82, 2.24) is 9.97 Å². The highest BCUT2D eigenvalue weighted by Gasteiger charge is 2.05. The maximum atomic E-state index is 4.50. The molecule has 0 aliphatic carbocycles. The predicted octanol–water partition coefficient (Wildman–Crippen LogP) is 2.97. The molecule has 0 aromatic carbocycles. The molecule has 19 heavy (non-hydrogen) atoms. The van der Waals surface area contributed by atoms with Crippen LogP contribution in [0.4, 0.5) is 17.6 Å². The van der Waals surface area contributed by atoms with Crippen molar-refractivity contribution in [3.8, 4) is 0 Å². The predicted molar refractivity (Wildman–Crippen MR) is 83.2 cm³/mol. The van der Waals surface area contributed by atoms with Gasteiger partial charge in [0.1, 0.15) is 11.6 Å². The van der Waals surface area contributed by atoms with Crippen molar-refractivity contribution in [3.63, 3.8) is 0 Å². The lowest BCUT2D eigenvalue weighted by Crippen LogP contribution is -2.15. The monoisotopic (exact) mass is 265 g/mol. The second-order valence-electron chi connectivity index (χ2n) is 4.89. The third-order valence-corrected chi connectivity index (χ3v) is 2.82. The first-order valence-corrected chi connectivity index (χ1v) is 7.21. The molecular formula is C14H27N5. The van der Waals surface area contributed by atoms with Gasteiger partial charge in [0.25, 0.3) is 0 Å². The standard InChI is InChI=1S/C14H27N5/c1-5-7-9-15-12-11-13(19(3)4)18-14(17-12)16-10-8-6-2/h11H,5-10H2,1-4H3,(H2,15,16,17,18). The number of nitrogens with zero attached hydrogens (tertiary/aromatic N) is 3. The van der Waals surface area contributed by atoms with E-state index in [1.807, 2.05) is 25.1 Å². The number of nitrogens with one attached hydrogen (secondary N) is 2. The lowest BCUT2D eigenvalue weighted by molar-refractivity contribution is 0.820. The average Bonchev–Trinajstić information content (AvgIpc) is 2.39. The van der Waals surface area contributed by atoms with Gasteiger partial charge >= 0.3 is 0 Å². The molecule has 5 nitrogen and oxygen atoms in total. The summed E-state index contributed by atoms with van der Waals surface area (Å²) >= 11 is 0. The maximum absolute atomic E-state index is 4.50. The van der Waals surface area contributed by atoms with Gasteiger partial charge in [-0.1, -0.05) is 26.7 Å². The largest absolute Gasteiger partial charge is 0.370 e. The van der Waals surface area contributed by atoms with Gasteiger partial charge in [-0.3, -0.25) is 0 Å². The van der Waals surface area contributed by atoms with Gasteiger partial charge in [0.15, 0.2) is 0 Å². The highest BCUT2D eigenvalue weighted by Crippen LogP contribution is 2.16. The van der Waals surface area contributed by atoms with Crippen molar-refractivity contribution in [2.24, 2.45) is 0 Å². The maximum Gasteiger partial charge on any atom is 0.226 e. The van der Waals surface area contributed by atoms with Crippen molar-refractivity contribution in [3.05, 3.63) is 6.07 Å². The Bertz CT molecular complexity index is 337. The Kier molecular flexibility index (Phi) is 7.00. The Hall–Kier alpha value is -1.52. The Morgan fingerprint density at radius 3 is 2.21 bits per heavy atom. The van der Waals surface area contributed by atoms with E-state index < -0.39 is 0 Å². The van der Waals surface area contributed by atoms with Gasteiger partial charge in [-0.25, -0.2) is 0 Å². The molecule has 0 atom stereocenters. The van der Waals surface area contributed by atoms with E-state index in [0.29, 0.717) is 5.95 Å². The number of rotatable bonds is 9. The highest BCUT2D eigenvalue weighted by atomic mass is 15.2. The molecule has 0 spiro atoms. The SMILES string of the molecule is CCCCNc1cc(N(C)C)nc(NCCCC)n1. The fourth-order valence-corrected chi connectivity index (χ4v) is 1.60. The topological polar surface area (TPSA) is 53.1 Å². The van der Waals surface area contributed by atoms with E-state index in [4.69, 9.17) is 0 Å². The summed E-state index contributed by atoms with van der Waals surface area (Å²) in [7, 11) is 3.99. The Morgan fingerprint density at radius 2 is 1.63 bits per heavy atom. The van der Waals surface area contributed by atoms with Gasteiger partial charge in [-0.2, -0.15) is 9.97 Å². The van der Waals surface area contributed by atoms with Crippen molar-refractivity contribution < 1.29 is 0 Å². The Balaban J connectivity index is 2.72. The molecule has 1 aromatic heterocycles. The third kappa shape index (κ3) is 5.77. The van der Waals surface area contributed by atoms with Crippen LogP contribution in [0.25, 0.3) is 0 Å². The molecule has 0 aliphatic heterocycles. The average molecular weight is 265 g/mol. The van der Waals surface area contributed by atoms with Crippen LogP contribution < -0.4 is 15.5 Å². The summed E-state index contributed by atoms with van der Waals surface area (Å²) in [4.78, 5) is 11.0. The second kappa shape index (κ2) is 8.56. The molecule has 0 aliphatic rings. The van der Waals surface area contributed by atoms with E-state index in [0.717, 1.165) is 37.6 Å². The molecule has 0 fully saturated rings. The first-order chi connectivity index (χ1) is 9.17. The van der Waals surface area contributed by atoms with Crippen LogP contribution in [0.2, 0.25) is 0 Å². The van der Waals surface area contributed by atoms with E-state index in [1.165, 1.54) is 12.8 Å². The number of aromatic nitrogens is 2. The zero-order valence-electron chi connectivity index (χ0n) is 12.7. The lowest BCUT2D eigenvalue weighted by Gasteiger charge is -2.15. The van der Waals surface area contributed by atoms with E-state index in [-0.39, 0.29) is 0 Å². The zero-order chi connectivity index (χ0) is 14.1. The van der Waals surface area contributed by atoms with Crippen LogP contribution in [-0.2, 0) is 0 Å². The zero-order valence-corrected chi connectivity index (χ0v) is 12.7. The molecule has 0 unspecified atom stereocenters. The molecule has 1 heterocycles. The molecule has 0 saturated carbocycles. The van der Waals surface area contributed by atoms with Crippen LogP contribution in [0, 0.1) is 0 Å². The molecule has 0 amide bonds. The minimum Gasteiger partial charge on any atom is -0.370 e. The van der Waals surface area contributed by atoms with Crippen molar-refractivity contribution in [1.29, 1.82) is 0 Å². The molecule has 0 radical (unpaired) electrons. The summed E-state index contributed by atoms with van der Waals surface area (Å²) in [6.45, 7) is 6.23. The number of hydrogen-bond acceptors (Lipinski definition) is 5. The molecule has 5 heteroatoms. The molecule has 2 N–H and O–H groups in total. The summed E-state index contributed by atoms with van der Waals surface area (Å²) in [5.41, 5.74) is 0. The summed E-state index contributed by atoms with van der Waals surface area (Å²) in [5.74, 6) is 2.53. The lowest BCUT2D eigenvalue weighted by atomic mass is 10.3. The third-order valence-electron chi connectivity index (χ3n) is 2.82. The van der Waals surface area contributed by atoms with Crippen LogP contribution >= 0.6 is 0 Å². The summed E-state index contributed by atoms with van der Waals surface area (Å²) in [6, 6.07) is 1.99. The van der Waals surface area contributed by atoms with Gasteiger partial charge < -0.3 is 15.5 Å². The highest BCUT2D eigenvalue weighted by molar-refractivity contribution is 5.52. The van der Waals surface area contributed by atoms with Gasteiger partial charge in [-0.15, -0.1) is 0 Å². The van der Waals surface area contributed by atoms with Crippen LogP contribution in [0.15, 0.2) is 6.07 Å². The fourth-order valence-electron chi connectivity index (χ4n) is 1.60. The molecule has 0 bridgehead atoms. The van der Waals surface area contributed by atoms with Gasteiger partial charge in [-0.05, 0) is 12.8 Å². The van der Waals surface area contributed by atoms with Crippen LogP contribution in [0.1, 0.15) is 39.5 Å². The Labute approximate surface area is 116 Å². The first-order valence-electron chi connectivity index (χ1n) is 7.21. The van der Waals surface area contributed by atoms with E-state index in [9.17, 15) is 0 Å². The van der Waals surface area contributed by atoms with Crippen LogP contribution in [-0.4, -0.2) is 37.2 Å². The molecule has 1 aromatic rings. The minimum atomic E-state index is 0.707. The van der Waals surface area contributed by atoms with E-state index in [1.54, 1.807) is 0 Å². The summed E-state index contributed by atoms with van der Waals surface area (Å²) in [6.07, 6.45) is 4.64. The van der Waals surface area contributed by atoms with E-state index >= 15 is 0 Å². The van der Waals surface area contributed by atoms with Crippen LogP contribution in [0.3, 0.4) is 0 Å². The van der Waals surface area contributed by atoms with Gasteiger partial charge in [0.05, 0.1) is 0 Å². The van der Waals surface area contributed by atoms with Crippen molar-refractivity contribution in [2.75, 3.05) is 42.7 Å². The molecule has 0 saturated heterocycles. The Morgan fingerprint density at radius 1 is 1.00 bits per heavy atom. The summed E-state index contributed by atoms with van der Waals surface area (Å²) in [5, 5.41) is 6.64. The molecule has 1 rings (SSSR count). The molecular weight excluding hydrogens is 238 g/mol. The minimum absolute atomic E-state index is 0.707. The van der Waals surface area contributed by atoms with Crippen molar-refractivity contribution >= 4 is 17.6 Å². The smallest absolute Gasteiger partial charge is 0.226 e. The number of unbranched alkanes of at least 4 members (excludes halogenated alkanes) is 2.